The number of nitrogens with zero attached hydrogens (tertiary/aromatic N) is 1. The molecule has 4 heteroatoms. The molecule has 1 heterocycles. The van der Waals surface area contributed by atoms with Crippen molar-refractivity contribution in [2.24, 2.45) is 0 Å². The van der Waals surface area contributed by atoms with Gasteiger partial charge in [-0.15, -0.1) is 0 Å². The average molecular weight is 292 g/mol. The van der Waals surface area contributed by atoms with Gasteiger partial charge in [0.2, 0.25) is 0 Å². The Labute approximate surface area is 128 Å². The van der Waals surface area contributed by atoms with Crippen LogP contribution < -0.4 is 14.8 Å². The van der Waals surface area contributed by atoms with E-state index in [2.05, 4.69) is 24.1 Å². The number of piperidine rings is 1. The standard InChI is InChI=1S/C17H28N2O2/c1-3-19(4-2)13-14-20-15-5-7-16(8-6-15)21-17-9-11-18-12-10-17/h5-8,17-18H,3-4,9-14H2,1-2H3. The molecular formula is C17H28N2O2. The SMILES string of the molecule is CCN(CC)CCOc1ccc(OC2CCNCC2)cc1. The third-order valence-corrected chi connectivity index (χ3v) is 3.98. The Morgan fingerprint density at radius 1 is 1.05 bits per heavy atom. The third kappa shape index (κ3) is 5.56. The van der Waals surface area contributed by atoms with E-state index in [-0.39, 0.29) is 0 Å². The lowest BCUT2D eigenvalue weighted by Gasteiger charge is -2.24. The highest BCUT2D eigenvalue weighted by molar-refractivity contribution is 5.31. The van der Waals surface area contributed by atoms with Crippen LogP contribution in [-0.4, -0.2) is 50.3 Å². The van der Waals surface area contributed by atoms with Gasteiger partial charge < -0.3 is 19.7 Å². The van der Waals surface area contributed by atoms with E-state index in [1.165, 1.54) is 0 Å². The second kappa shape index (κ2) is 8.90. The molecule has 1 aromatic carbocycles. The molecule has 0 aromatic heterocycles. The molecule has 0 aliphatic carbocycles. The molecule has 0 amide bonds. The van der Waals surface area contributed by atoms with Crippen LogP contribution in [0, 0.1) is 0 Å². The topological polar surface area (TPSA) is 33.7 Å². The van der Waals surface area contributed by atoms with Gasteiger partial charge in [-0.3, -0.25) is 0 Å². The second-order valence-corrected chi connectivity index (χ2v) is 5.41. The predicted octanol–water partition coefficient (Wildman–Crippen LogP) is 2.54. The van der Waals surface area contributed by atoms with Gasteiger partial charge in [0.05, 0.1) is 0 Å². The Morgan fingerprint density at radius 2 is 1.67 bits per heavy atom. The molecule has 0 spiro atoms. The van der Waals surface area contributed by atoms with Crippen LogP contribution in [-0.2, 0) is 0 Å². The molecule has 0 saturated carbocycles. The Bertz CT molecular complexity index is 384. The molecule has 1 N–H and O–H groups in total. The van der Waals surface area contributed by atoms with Crippen LogP contribution in [0.2, 0.25) is 0 Å². The summed E-state index contributed by atoms with van der Waals surface area (Å²) in [6, 6.07) is 8.01. The summed E-state index contributed by atoms with van der Waals surface area (Å²) in [5.74, 6) is 1.86. The van der Waals surface area contributed by atoms with E-state index in [9.17, 15) is 0 Å². The van der Waals surface area contributed by atoms with Gasteiger partial charge in [0.25, 0.3) is 0 Å². The quantitative estimate of drug-likeness (QED) is 0.798. The maximum Gasteiger partial charge on any atom is 0.119 e. The van der Waals surface area contributed by atoms with Gasteiger partial charge in [-0.25, -0.2) is 0 Å². The zero-order chi connectivity index (χ0) is 14.9. The predicted molar refractivity (Wildman–Crippen MR) is 86.2 cm³/mol. The third-order valence-electron chi connectivity index (χ3n) is 3.98. The molecule has 1 saturated heterocycles. The Balaban J connectivity index is 1.73. The summed E-state index contributed by atoms with van der Waals surface area (Å²) in [7, 11) is 0. The maximum absolute atomic E-state index is 5.98. The van der Waals surface area contributed by atoms with E-state index < -0.39 is 0 Å². The molecule has 0 atom stereocenters. The molecule has 118 valence electrons. The summed E-state index contributed by atoms with van der Waals surface area (Å²) in [6.45, 7) is 10.3. The molecule has 21 heavy (non-hydrogen) atoms. The summed E-state index contributed by atoms with van der Waals surface area (Å²) in [6.07, 6.45) is 2.52. The summed E-state index contributed by atoms with van der Waals surface area (Å²) in [4.78, 5) is 2.36. The van der Waals surface area contributed by atoms with E-state index in [0.717, 1.165) is 63.7 Å². The van der Waals surface area contributed by atoms with Gasteiger partial charge in [-0.2, -0.15) is 0 Å². The molecule has 1 aliphatic heterocycles. The first-order chi connectivity index (χ1) is 10.3. The van der Waals surface area contributed by atoms with Crippen molar-refractivity contribution in [1.29, 1.82) is 0 Å². The van der Waals surface area contributed by atoms with E-state index >= 15 is 0 Å². The molecular weight excluding hydrogens is 264 g/mol. The second-order valence-electron chi connectivity index (χ2n) is 5.41. The van der Waals surface area contributed by atoms with Crippen LogP contribution in [0.15, 0.2) is 24.3 Å². The summed E-state index contributed by atoms with van der Waals surface area (Å²) in [5, 5.41) is 3.35. The molecule has 1 aliphatic rings. The van der Waals surface area contributed by atoms with Crippen molar-refractivity contribution in [1.82, 2.24) is 10.2 Å². The fraction of sp³-hybridized carbons (Fsp3) is 0.647. The first-order valence-electron chi connectivity index (χ1n) is 8.14. The zero-order valence-corrected chi connectivity index (χ0v) is 13.3. The average Bonchev–Trinajstić information content (AvgIpc) is 2.54. The van der Waals surface area contributed by atoms with Crippen molar-refractivity contribution in [3.8, 4) is 11.5 Å². The summed E-state index contributed by atoms with van der Waals surface area (Å²) < 4.78 is 11.8. The number of hydrogen-bond donors (Lipinski definition) is 1. The van der Waals surface area contributed by atoms with Gasteiger partial charge in [0.1, 0.15) is 24.2 Å². The first-order valence-corrected chi connectivity index (χ1v) is 8.14. The van der Waals surface area contributed by atoms with Crippen molar-refractivity contribution in [3.05, 3.63) is 24.3 Å². The fourth-order valence-electron chi connectivity index (χ4n) is 2.55. The molecule has 2 rings (SSSR count). The minimum atomic E-state index is 0.348. The van der Waals surface area contributed by atoms with Crippen molar-refractivity contribution < 1.29 is 9.47 Å². The van der Waals surface area contributed by atoms with Crippen LogP contribution in [0.25, 0.3) is 0 Å². The Hall–Kier alpha value is -1.26. The number of benzene rings is 1. The lowest BCUT2D eigenvalue weighted by molar-refractivity contribution is 0.162. The van der Waals surface area contributed by atoms with Crippen LogP contribution >= 0.6 is 0 Å². The lowest BCUT2D eigenvalue weighted by atomic mass is 10.1. The first kappa shape index (κ1) is 16.1. The molecule has 1 aromatic rings. The minimum Gasteiger partial charge on any atom is -0.492 e. The van der Waals surface area contributed by atoms with E-state index in [1.807, 2.05) is 24.3 Å². The number of hydrogen-bond acceptors (Lipinski definition) is 4. The van der Waals surface area contributed by atoms with Gasteiger partial charge in [-0.1, -0.05) is 13.8 Å². The normalized spacial score (nSPS) is 16.1. The molecule has 0 unspecified atom stereocenters. The number of likely N-dealkylation sites (N-methyl/N-ethyl adjacent to an activating group) is 1. The van der Waals surface area contributed by atoms with E-state index in [1.54, 1.807) is 0 Å². The Kier molecular flexibility index (Phi) is 6.83. The highest BCUT2D eigenvalue weighted by Crippen LogP contribution is 2.20. The van der Waals surface area contributed by atoms with Crippen molar-refractivity contribution >= 4 is 0 Å². The fourth-order valence-corrected chi connectivity index (χ4v) is 2.55. The molecule has 4 nitrogen and oxygen atoms in total. The highest BCUT2D eigenvalue weighted by atomic mass is 16.5. The monoisotopic (exact) mass is 292 g/mol. The molecule has 0 bridgehead atoms. The van der Waals surface area contributed by atoms with E-state index in [4.69, 9.17) is 9.47 Å². The van der Waals surface area contributed by atoms with Crippen molar-refractivity contribution in [2.45, 2.75) is 32.8 Å². The highest BCUT2D eigenvalue weighted by Gasteiger charge is 2.14. The lowest BCUT2D eigenvalue weighted by Crippen LogP contribution is -2.34. The van der Waals surface area contributed by atoms with Crippen LogP contribution in [0.5, 0.6) is 11.5 Å². The van der Waals surface area contributed by atoms with Gasteiger partial charge in [0.15, 0.2) is 0 Å². The number of nitrogens with one attached hydrogen (secondary N) is 1. The maximum atomic E-state index is 5.98. The molecule has 1 fully saturated rings. The van der Waals surface area contributed by atoms with Crippen LogP contribution in [0.4, 0.5) is 0 Å². The number of ether oxygens (including phenoxy) is 2. The van der Waals surface area contributed by atoms with Crippen LogP contribution in [0.1, 0.15) is 26.7 Å². The van der Waals surface area contributed by atoms with Gasteiger partial charge >= 0.3 is 0 Å². The molecule has 0 radical (unpaired) electrons. The van der Waals surface area contributed by atoms with E-state index in [0.29, 0.717) is 6.10 Å². The smallest absolute Gasteiger partial charge is 0.119 e. The Morgan fingerprint density at radius 3 is 2.29 bits per heavy atom. The van der Waals surface area contributed by atoms with Crippen molar-refractivity contribution in [2.75, 3.05) is 39.3 Å². The van der Waals surface area contributed by atoms with Gasteiger partial charge in [-0.05, 0) is 63.3 Å². The number of rotatable bonds is 8. The largest absolute Gasteiger partial charge is 0.492 e. The van der Waals surface area contributed by atoms with Crippen LogP contribution in [0.3, 0.4) is 0 Å². The zero-order valence-electron chi connectivity index (χ0n) is 13.3. The van der Waals surface area contributed by atoms with Gasteiger partial charge in [0, 0.05) is 6.54 Å². The van der Waals surface area contributed by atoms with Crippen molar-refractivity contribution in [3.63, 3.8) is 0 Å². The summed E-state index contributed by atoms with van der Waals surface area (Å²) in [5.41, 5.74) is 0. The minimum absolute atomic E-state index is 0.348. The summed E-state index contributed by atoms with van der Waals surface area (Å²) >= 11 is 0.